The van der Waals surface area contributed by atoms with Crippen LogP contribution in [0.5, 0.6) is 5.75 Å². The van der Waals surface area contributed by atoms with Gasteiger partial charge in [-0.3, -0.25) is 0 Å². The molecule has 1 aliphatic carbocycles. The van der Waals surface area contributed by atoms with Crippen molar-refractivity contribution in [1.82, 2.24) is 14.1 Å². The Morgan fingerprint density at radius 3 is 2.62 bits per heavy atom. The second-order valence-electron chi connectivity index (χ2n) is 8.87. The molecule has 1 saturated carbocycles. The molecule has 0 spiro atoms. The summed E-state index contributed by atoms with van der Waals surface area (Å²) in [6.07, 6.45) is 5.35. The number of rotatable bonds is 8. The number of benzene rings is 2. The maximum Gasteiger partial charge on any atom is 0.340 e. The Morgan fingerprint density at radius 1 is 1.32 bits per heavy atom. The Bertz CT molecular complexity index is 1500. The number of phenols is 1. The third-order valence-electron chi connectivity index (χ3n) is 6.48. The number of nitrogens with zero attached hydrogens (tertiary/aromatic N) is 3. The lowest BCUT2D eigenvalue weighted by atomic mass is 10.0. The van der Waals surface area contributed by atoms with Crippen LogP contribution in [0.4, 0.5) is 0 Å². The lowest BCUT2D eigenvalue weighted by molar-refractivity contribution is 0.0527. The van der Waals surface area contributed by atoms with Gasteiger partial charge in [0, 0.05) is 29.4 Å². The SMILES string of the molecule is CCOC(=O)c1c(C[S+]([O-])c2c(Cl)cccc2Cl)n(C2CC2)c2cc(Br)c(O)c(Cn3ccnc3C)c12. The molecule has 0 bridgehead atoms. The molecule has 0 saturated heterocycles. The Labute approximate surface area is 235 Å². The average molecular weight is 625 g/mol. The van der Waals surface area contributed by atoms with Crippen molar-refractivity contribution in [3.05, 3.63) is 73.8 Å². The van der Waals surface area contributed by atoms with Gasteiger partial charge in [0.1, 0.15) is 11.6 Å². The van der Waals surface area contributed by atoms with Crippen LogP contribution >= 0.6 is 39.1 Å². The first-order chi connectivity index (χ1) is 17.7. The first-order valence-electron chi connectivity index (χ1n) is 11.8. The van der Waals surface area contributed by atoms with E-state index in [1.165, 1.54) is 0 Å². The lowest BCUT2D eigenvalue weighted by Crippen LogP contribution is -2.15. The summed E-state index contributed by atoms with van der Waals surface area (Å²) < 4.78 is 23.6. The topological polar surface area (TPSA) is 92.3 Å². The molecule has 0 amide bonds. The van der Waals surface area contributed by atoms with Crippen molar-refractivity contribution in [2.75, 3.05) is 6.61 Å². The van der Waals surface area contributed by atoms with Gasteiger partial charge in [-0.25, -0.2) is 9.78 Å². The summed E-state index contributed by atoms with van der Waals surface area (Å²) in [7, 11) is 0. The molecule has 0 radical (unpaired) electrons. The Balaban J connectivity index is 1.78. The number of hydrogen-bond acceptors (Lipinski definition) is 5. The normalized spacial score (nSPS) is 14.3. The van der Waals surface area contributed by atoms with Gasteiger partial charge in [-0.05, 0) is 72.0 Å². The van der Waals surface area contributed by atoms with Gasteiger partial charge in [-0.15, -0.1) is 0 Å². The van der Waals surface area contributed by atoms with Crippen molar-refractivity contribution in [3.63, 3.8) is 0 Å². The predicted molar refractivity (Wildman–Crippen MR) is 148 cm³/mol. The predicted octanol–water partition coefficient (Wildman–Crippen LogP) is 6.79. The van der Waals surface area contributed by atoms with E-state index in [0.717, 1.165) is 24.2 Å². The molecule has 2 aromatic heterocycles. The van der Waals surface area contributed by atoms with E-state index in [1.54, 1.807) is 31.3 Å². The fraction of sp³-hybridized carbons (Fsp3) is 0.308. The highest BCUT2D eigenvalue weighted by Gasteiger charge is 2.37. The molecule has 37 heavy (non-hydrogen) atoms. The molecule has 1 unspecified atom stereocenters. The number of carbonyl (C=O) groups is 1. The van der Waals surface area contributed by atoms with Crippen LogP contribution in [0, 0.1) is 6.92 Å². The van der Waals surface area contributed by atoms with Gasteiger partial charge < -0.3 is 23.5 Å². The molecule has 1 fully saturated rings. The summed E-state index contributed by atoms with van der Waals surface area (Å²) in [6, 6.07) is 6.93. The summed E-state index contributed by atoms with van der Waals surface area (Å²) in [5.74, 6) is 0.266. The highest BCUT2D eigenvalue weighted by molar-refractivity contribution is 9.10. The molecular weight excluding hydrogens is 601 g/mol. The Morgan fingerprint density at radius 2 is 2.03 bits per heavy atom. The van der Waals surface area contributed by atoms with E-state index in [-0.39, 0.29) is 30.7 Å². The highest BCUT2D eigenvalue weighted by atomic mass is 79.9. The molecule has 0 aliphatic heterocycles. The van der Waals surface area contributed by atoms with Crippen molar-refractivity contribution >= 4 is 67.2 Å². The van der Waals surface area contributed by atoms with Crippen molar-refractivity contribution in [2.24, 2.45) is 0 Å². The summed E-state index contributed by atoms with van der Waals surface area (Å²) in [4.78, 5) is 18.1. The second-order valence-corrected chi connectivity index (χ2v) is 11.9. The molecule has 2 aromatic carbocycles. The van der Waals surface area contributed by atoms with Crippen LogP contribution in [0.15, 0.2) is 46.0 Å². The van der Waals surface area contributed by atoms with Crippen LogP contribution in [0.25, 0.3) is 10.9 Å². The number of carbonyl (C=O) groups excluding carboxylic acids is 1. The zero-order chi connectivity index (χ0) is 26.4. The first-order valence-corrected chi connectivity index (χ1v) is 14.6. The van der Waals surface area contributed by atoms with E-state index >= 15 is 0 Å². The minimum absolute atomic E-state index is 0.00467. The van der Waals surface area contributed by atoms with Gasteiger partial charge in [-0.1, -0.05) is 29.3 Å². The highest BCUT2D eigenvalue weighted by Crippen LogP contribution is 2.47. The minimum Gasteiger partial charge on any atom is -0.611 e. The van der Waals surface area contributed by atoms with E-state index in [4.69, 9.17) is 27.9 Å². The van der Waals surface area contributed by atoms with E-state index in [0.29, 0.717) is 41.6 Å². The molecule has 5 rings (SSSR count). The van der Waals surface area contributed by atoms with Crippen molar-refractivity contribution < 1.29 is 19.2 Å². The number of phenolic OH excluding ortho intramolecular Hbond substituents is 1. The largest absolute Gasteiger partial charge is 0.611 e. The number of hydrogen-bond donors (Lipinski definition) is 1. The maximum absolute atomic E-state index is 13.7. The summed E-state index contributed by atoms with van der Waals surface area (Å²) in [5.41, 5.74) is 2.19. The van der Waals surface area contributed by atoms with E-state index in [2.05, 4.69) is 25.5 Å². The number of ether oxygens (including phenoxy) is 1. The van der Waals surface area contributed by atoms with E-state index < -0.39 is 17.1 Å². The maximum atomic E-state index is 13.7. The molecule has 2 heterocycles. The molecule has 1 aliphatic rings. The molecule has 7 nitrogen and oxygen atoms in total. The van der Waals surface area contributed by atoms with Gasteiger partial charge in [0.25, 0.3) is 0 Å². The molecule has 194 valence electrons. The number of fused-ring (bicyclic) bond motifs is 1. The molecular formula is C26H24BrCl2N3O4S. The Hall–Kier alpha value is -2.17. The zero-order valence-corrected chi connectivity index (χ0v) is 24.0. The summed E-state index contributed by atoms with van der Waals surface area (Å²) in [5, 5.41) is 12.4. The Kier molecular flexibility index (Phi) is 7.53. The van der Waals surface area contributed by atoms with Crippen molar-refractivity contribution in [2.45, 2.75) is 49.9 Å². The summed E-state index contributed by atoms with van der Waals surface area (Å²) >= 11 is 14.6. The number of aryl methyl sites for hydroxylation is 1. The number of imidazole rings is 1. The quantitative estimate of drug-likeness (QED) is 0.172. The van der Waals surface area contributed by atoms with Crippen LogP contribution in [-0.2, 0) is 28.2 Å². The second kappa shape index (κ2) is 10.5. The van der Waals surface area contributed by atoms with Gasteiger partial charge in [-0.2, -0.15) is 0 Å². The van der Waals surface area contributed by atoms with Crippen LogP contribution in [0.2, 0.25) is 10.0 Å². The van der Waals surface area contributed by atoms with E-state index in [9.17, 15) is 14.5 Å². The zero-order valence-electron chi connectivity index (χ0n) is 20.1. The lowest BCUT2D eigenvalue weighted by Gasteiger charge is -2.16. The minimum atomic E-state index is -1.65. The fourth-order valence-corrected chi connectivity index (χ4v) is 7.28. The van der Waals surface area contributed by atoms with Crippen LogP contribution in [-0.4, -0.2) is 36.4 Å². The van der Waals surface area contributed by atoms with Gasteiger partial charge in [0.2, 0.25) is 0 Å². The first kappa shape index (κ1) is 26.4. The smallest absolute Gasteiger partial charge is 0.340 e. The number of aromatic hydroxyl groups is 1. The number of aromatic nitrogens is 3. The van der Waals surface area contributed by atoms with Crippen LogP contribution in [0.3, 0.4) is 0 Å². The molecule has 11 heteroatoms. The average Bonchev–Trinajstić information content (AvgIpc) is 3.52. The van der Waals surface area contributed by atoms with Gasteiger partial charge in [0.05, 0.1) is 44.4 Å². The third kappa shape index (κ3) is 4.88. The molecule has 1 N–H and O–H groups in total. The summed E-state index contributed by atoms with van der Waals surface area (Å²) in [6.45, 7) is 4.07. The van der Waals surface area contributed by atoms with Crippen molar-refractivity contribution in [3.8, 4) is 5.75 Å². The van der Waals surface area contributed by atoms with Crippen LogP contribution in [0.1, 0.15) is 53.2 Å². The molecule has 1 atom stereocenters. The standard InChI is InChI=1S/C26H24BrCl2N3O4S/c1-3-36-26(34)23-21(13-37(35)25-18(28)5-4-6-19(25)29)32(15-7-8-15)20-11-17(27)24(33)16(22(20)23)12-31-10-9-30-14(31)2/h4-6,9-11,15,33H,3,7-8,12-13H2,1-2H3. The van der Waals surface area contributed by atoms with Crippen LogP contribution < -0.4 is 0 Å². The third-order valence-corrected chi connectivity index (χ3v) is 9.37. The van der Waals surface area contributed by atoms with E-state index in [1.807, 2.05) is 23.8 Å². The van der Waals surface area contributed by atoms with Crippen molar-refractivity contribution in [1.29, 1.82) is 0 Å². The number of halogens is 3. The van der Waals surface area contributed by atoms with Gasteiger partial charge in [0.15, 0.2) is 10.6 Å². The van der Waals surface area contributed by atoms with Gasteiger partial charge >= 0.3 is 5.97 Å². The monoisotopic (exact) mass is 623 g/mol. The fourth-order valence-electron chi connectivity index (χ4n) is 4.66. The molecule has 4 aromatic rings. The number of esters is 1.